The van der Waals surface area contributed by atoms with Crippen LogP contribution in [0.15, 0.2) is 77.3 Å². The van der Waals surface area contributed by atoms with Gasteiger partial charge in [0.1, 0.15) is 5.75 Å². The molecule has 2 heteroatoms. The molecule has 0 spiro atoms. The molecule has 4 aromatic rings. The third-order valence-corrected chi connectivity index (χ3v) is 5.10. The topological polar surface area (TPSA) is 9.23 Å². The van der Waals surface area contributed by atoms with Gasteiger partial charge in [-0.15, -0.1) is 0 Å². The number of hydrogen-bond acceptors (Lipinski definition) is 1. The first-order valence-corrected chi connectivity index (χ1v) is 8.33. The van der Waals surface area contributed by atoms with E-state index in [4.69, 9.17) is 4.74 Å². The summed E-state index contributed by atoms with van der Waals surface area (Å²) in [5.41, 5.74) is 2.34. The molecule has 23 heavy (non-hydrogen) atoms. The van der Waals surface area contributed by atoms with E-state index in [2.05, 4.69) is 76.6 Å². The number of hydrogen-bond donors (Lipinski definition) is 0. The highest BCUT2D eigenvalue weighted by atomic mass is 79.9. The number of halogens is 1. The van der Waals surface area contributed by atoms with Crippen LogP contribution in [0.4, 0.5) is 0 Å². The maximum atomic E-state index is 5.62. The molecule has 0 aliphatic heterocycles. The molecule has 4 aromatic carbocycles. The summed E-state index contributed by atoms with van der Waals surface area (Å²) in [6.45, 7) is 0. The zero-order chi connectivity index (χ0) is 15.8. The molecule has 1 nitrogen and oxygen atoms in total. The van der Waals surface area contributed by atoms with E-state index in [1.807, 2.05) is 12.1 Å². The maximum Gasteiger partial charge on any atom is 0.126 e. The van der Waals surface area contributed by atoms with Gasteiger partial charge >= 0.3 is 0 Å². The van der Waals surface area contributed by atoms with Gasteiger partial charge in [-0.1, -0.05) is 66.7 Å². The molecule has 0 fully saturated rings. The lowest BCUT2D eigenvalue weighted by Gasteiger charge is -2.16. The van der Waals surface area contributed by atoms with Gasteiger partial charge in [0.05, 0.1) is 7.11 Å². The van der Waals surface area contributed by atoms with E-state index in [1.54, 1.807) is 7.11 Å². The van der Waals surface area contributed by atoms with E-state index >= 15 is 0 Å². The minimum absolute atomic E-state index is 0.894. The second-order valence-electron chi connectivity index (χ2n) is 5.48. The molecular formula is C21H15BrO. The Balaban J connectivity index is 2.26. The van der Waals surface area contributed by atoms with Crippen LogP contribution in [0.1, 0.15) is 0 Å². The molecule has 0 aromatic heterocycles. The Morgan fingerprint density at radius 3 is 1.70 bits per heavy atom. The van der Waals surface area contributed by atoms with Crippen LogP contribution in [0, 0.1) is 0 Å². The summed E-state index contributed by atoms with van der Waals surface area (Å²) < 4.78 is 6.76. The first kappa shape index (κ1) is 14.3. The average molecular weight is 363 g/mol. The summed E-state index contributed by atoms with van der Waals surface area (Å²) in [5.74, 6) is 0.894. The van der Waals surface area contributed by atoms with Crippen molar-refractivity contribution >= 4 is 37.5 Å². The fourth-order valence-electron chi connectivity index (χ4n) is 3.22. The van der Waals surface area contributed by atoms with Crippen molar-refractivity contribution in [1.82, 2.24) is 0 Å². The van der Waals surface area contributed by atoms with Crippen LogP contribution in [-0.2, 0) is 0 Å². The minimum Gasteiger partial charge on any atom is -0.496 e. The predicted octanol–water partition coefficient (Wildman–Crippen LogP) is 6.43. The second-order valence-corrected chi connectivity index (χ2v) is 6.27. The highest BCUT2D eigenvalue weighted by molar-refractivity contribution is 9.10. The summed E-state index contributed by atoms with van der Waals surface area (Å²) in [7, 11) is 1.72. The monoisotopic (exact) mass is 362 g/mol. The first-order chi connectivity index (χ1) is 11.3. The van der Waals surface area contributed by atoms with Crippen LogP contribution in [0.2, 0.25) is 0 Å². The summed E-state index contributed by atoms with van der Waals surface area (Å²) in [6, 6.07) is 25.2. The molecule has 0 heterocycles. The molecule has 4 rings (SSSR count). The molecular weight excluding hydrogens is 348 g/mol. The van der Waals surface area contributed by atoms with Crippen molar-refractivity contribution in [3.63, 3.8) is 0 Å². The largest absolute Gasteiger partial charge is 0.496 e. The van der Waals surface area contributed by atoms with E-state index < -0.39 is 0 Å². The zero-order valence-electron chi connectivity index (χ0n) is 12.7. The van der Waals surface area contributed by atoms with Crippen molar-refractivity contribution in [3.8, 4) is 16.9 Å². The summed E-state index contributed by atoms with van der Waals surface area (Å²) >= 11 is 3.79. The van der Waals surface area contributed by atoms with E-state index in [0.29, 0.717) is 0 Å². The molecule has 0 bridgehead atoms. The molecule has 0 aliphatic rings. The van der Waals surface area contributed by atoms with Crippen LogP contribution in [-0.4, -0.2) is 7.11 Å². The number of ether oxygens (including phenoxy) is 1. The molecule has 0 unspecified atom stereocenters. The average Bonchev–Trinajstić information content (AvgIpc) is 2.62. The molecule has 0 atom stereocenters. The summed E-state index contributed by atoms with van der Waals surface area (Å²) in [4.78, 5) is 0. The molecule has 0 amide bonds. The van der Waals surface area contributed by atoms with Gasteiger partial charge in [-0.25, -0.2) is 0 Å². The van der Waals surface area contributed by atoms with Crippen molar-refractivity contribution in [2.24, 2.45) is 0 Å². The number of para-hydroxylation sites is 1. The van der Waals surface area contributed by atoms with Gasteiger partial charge in [0.15, 0.2) is 0 Å². The third-order valence-electron chi connectivity index (χ3n) is 4.24. The van der Waals surface area contributed by atoms with Crippen LogP contribution >= 0.6 is 15.9 Å². The standard InChI is InChI=1S/C21H15BrO/c1-23-19-13-7-6-12-18(19)20-14-8-2-4-10-16(14)21(22)17-11-5-3-9-15(17)20/h2-13H,1H3. The molecule has 0 saturated heterocycles. The van der Waals surface area contributed by atoms with Gasteiger partial charge in [0.25, 0.3) is 0 Å². The van der Waals surface area contributed by atoms with Crippen LogP contribution in [0.25, 0.3) is 32.7 Å². The van der Waals surface area contributed by atoms with Crippen molar-refractivity contribution in [2.45, 2.75) is 0 Å². The van der Waals surface area contributed by atoms with Gasteiger partial charge < -0.3 is 4.74 Å². The van der Waals surface area contributed by atoms with Gasteiger partial charge in [-0.05, 0) is 43.5 Å². The van der Waals surface area contributed by atoms with Crippen molar-refractivity contribution in [2.75, 3.05) is 7.11 Å². The Bertz CT molecular complexity index is 964. The Kier molecular flexibility index (Phi) is 3.55. The number of rotatable bonds is 2. The molecule has 112 valence electrons. The van der Waals surface area contributed by atoms with Crippen LogP contribution < -0.4 is 4.74 Å². The number of fused-ring (bicyclic) bond motifs is 2. The van der Waals surface area contributed by atoms with Crippen molar-refractivity contribution < 1.29 is 4.74 Å². The molecule has 0 saturated carbocycles. The Hall–Kier alpha value is -2.32. The normalized spacial score (nSPS) is 11.0. The summed E-state index contributed by atoms with van der Waals surface area (Å²) in [5, 5.41) is 4.88. The predicted molar refractivity (Wildman–Crippen MR) is 101 cm³/mol. The van der Waals surface area contributed by atoms with E-state index in [0.717, 1.165) is 15.8 Å². The third kappa shape index (κ3) is 2.22. The van der Waals surface area contributed by atoms with E-state index in [1.165, 1.54) is 27.1 Å². The lowest BCUT2D eigenvalue weighted by molar-refractivity contribution is 0.416. The SMILES string of the molecule is COc1ccccc1-c1c2ccccc2c(Br)c2ccccc12. The molecule has 0 aliphatic carbocycles. The fraction of sp³-hybridized carbons (Fsp3) is 0.0476. The van der Waals surface area contributed by atoms with Crippen molar-refractivity contribution in [1.29, 1.82) is 0 Å². The fourth-order valence-corrected chi connectivity index (χ4v) is 3.91. The quantitative estimate of drug-likeness (QED) is 0.373. The highest BCUT2D eigenvalue weighted by Gasteiger charge is 2.15. The molecule has 0 N–H and O–H groups in total. The Labute approximate surface area is 143 Å². The van der Waals surface area contributed by atoms with Crippen molar-refractivity contribution in [3.05, 3.63) is 77.3 Å². The lowest BCUT2D eigenvalue weighted by Crippen LogP contribution is -1.91. The molecule has 0 radical (unpaired) electrons. The Morgan fingerprint density at radius 1 is 0.652 bits per heavy atom. The zero-order valence-corrected chi connectivity index (χ0v) is 14.3. The van der Waals surface area contributed by atoms with E-state index in [-0.39, 0.29) is 0 Å². The van der Waals surface area contributed by atoms with Crippen LogP contribution in [0.3, 0.4) is 0 Å². The first-order valence-electron chi connectivity index (χ1n) is 7.53. The van der Waals surface area contributed by atoms with Gasteiger partial charge in [0.2, 0.25) is 0 Å². The maximum absolute atomic E-state index is 5.62. The summed E-state index contributed by atoms with van der Waals surface area (Å²) in [6.07, 6.45) is 0. The number of methoxy groups -OCH3 is 1. The van der Waals surface area contributed by atoms with Gasteiger partial charge in [-0.2, -0.15) is 0 Å². The van der Waals surface area contributed by atoms with Gasteiger partial charge in [-0.3, -0.25) is 0 Å². The second kappa shape index (κ2) is 5.71. The van der Waals surface area contributed by atoms with Crippen LogP contribution in [0.5, 0.6) is 5.75 Å². The minimum atomic E-state index is 0.894. The number of benzene rings is 4. The van der Waals surface area contributed by atoms with E-state index in [9.17, 15) is 0 Å². The Morgan fingerprint density at radius 2 is 1.13 bits per heavy atom. The highest BCUT2D eigenvalue weighted by Crippen LogP contribution is 2.43. The smallest absolute Gasteiger partial charge is 0.126 e. The van der Waals surface area contributed by atoms with Gasteiger partial charge in [0, 0.05) is 15.6 Å². The lowest BCUT2D eigenvalue weighted by atomic mass is 9.91.